The molecule has 8 nitrogen and oxygen atoms in total. The van der Waals surface area contributed by atoms with Crippen LogP contribution in [0.5, 0.6) is 5.88 Å². The fraction of sp³-hybridized carbons (Fsp3) is 0.250. The van der Waals surface area contributed by atoms with Gasteiger partial charge < -0.3 is 20.1 Å². The number of esters is 1. The highest BCUT2D eigenvalue weighted by Gasteiger charge is 2.31. The summed E-state index contributed by atoms with van der Waals surface area (Å²) in [6.07, 6.45) is 0.972. The van der Waals surface area contributed by atoms with Crippen molar-refractivity contribution in [3.05, 3.63) is 41.7 Å². The topological polar surface area (TPSA) is 108 Å². The van der Waals surface area contributed by atoms with E-state index in [9.17, 15) is 9.59 Å². The first kappa shape index (κ1) is 15.7. The van der Waals surface area contributed by atoms with Gasteiger partial charge in [0.15, 0.2) is 0 Å². The molecule has 0 unspecified atom stereocenters. The van der Waals surface area contributed by atoms with E-state index in [-0.39, 0.29) is 29.3 Å². The molecule has 124 valence electrons. The number of rotatable bonds is 2. The fourth-order valence-corrected chi connectivity index (χ4v) is 2.49. The van der Waals surface area contributed by atoms with Crippen LogP contribution in [0.15, 0.2) is 30.6 Å². The molecule has 24 heavy (non-hydrogen) atoms. The van der Waals surface area contributed by atoms with Crippen LogP contribution in [0.25, 0.3) is 0 Å². The second kappa shape index (κ2) is 6.15. The van der Waals surface area contributed by atoms with E-state index in [0.717, 1.165) is 0 Å². The summed E-state index contributed by atoms with van der Waals surface area (Å²) in [6, 6.07) is 6.52. The predicted octanol–water partition coefficient (Wildman–Crippen LogP) is 1.27. The number of nitrogens with zero attached hydrogens (tertiary/aromatic N) is 3. The number of hydrogen-bond donors (Lipinski definition) is 1. The minimum atomic E-state index is -0.441. The van der Waals surface area contributed by atoms with Gasteiger partial charge >= 0.3 is 5.97 Å². The van der Waals surface area contributed by atoms with Crippen molar-refractivity contribution in [2.45, 2.75) is 13.0 Å². The Morgan fingerprint density at radius 1 is 1.33 bits per heavy atom. The third-order valence-corrected chi connectivity index (χ3v) is 3.65. The zero-order chi connectivity index (χ0) is 17.3. The van der Waals surface area contributed by atoms with E-state index in [2.05, 4.69) is 14.7 Å². The lowest BCUT2D eigenvalue weighted by Gasteiger charge is -2.22. The van der Waals surface area contributed by atoms with E-state index in [1.807, 2.05) is 6.92 Å². The standard InChI is InChI=1S/C16H16N4O4/c1-9-7-20(11-5-3-10(4-6-11)16(22)23-2)15(21)12-13(17)18-8-19-14(12)24-9/h3-6,8-9H,7H2,1-2H3,(H2,17,18,19)/t9-/m1/s1. The molecule has 1 aromatic carbocycles. The summed E-state index contributed by atoms with van der Waals surface area (Å²) in [6.45, 7) is 2.14. The summed E-state index contributed by atoms with van der Waals surface area (Å²) in [5.74, 6) is -0.550. The number of carbonyl (C=O) groups is 2. The molecule has 2 aromatic rings. The molecule has 1 aliphatic rings. The van der Waals surface area contributed by atoms with Crippen LogP contribution in [-0.2, 0) is 4.74 Å². The van der Waals surface area contributed by atoms with E-state index in [1.165, 1.54) is 18.3 Å². The number of fused-ring (bicyclic) bond motifs is 1. The lowest BCUT2D eigenvalue weighted by atomic mass is 10.1. The molecule has 0 spiro atoms. The van der Waals surface area contributed by atoms with Crippen LogP contribution < -0.4 is 15.4 Å². The number of ether oxygens (including phenoxy) is 2. The highest BCUT2D eigenvalue weighted by molar-refractivity contribution is 6.10. The van der Waals surface area contributed by atoms with Gasteiger partial charge in [0.2, 0.25) is 5.88 Å². The van der Waals surface area contributed by atoms with Crippen LogP contribution in [0.1, 0.15) is 27.6 Å². The maximum Gasteiger partial charge on any atom is 0.337 e. The average Bonchev–Trinajstić information content (AvgIpc) is 2.71. The van der Waals surface area contributed by atoms with Crippen LogP contribution in [0, 0.1) is 0 Å². The SMILES string of the molecule is COC(=O)c1ccc(N2C[C@@H](C)Oc3ncnc(N)c3C2=O)cc1. The quantitative estimate of drug-likeness (QED) is 0.827. The van der Waals surface area contributed by atoms with E-state index < -0.39 is 5.97 Å². The summed E-state index contributed by atoms with van der Waals surface area (Å²) in [4.78, 5) is 33.8. The van der Waals surface area contributed by atoms with Crippen molar-refractivity contribution >= 4 is 23.4 Å². The van der Waals surface area contributed by atoms with Gasteiger partial charge in [-0.3, -0.25) is 4.79 Å². The molecule has 3 rings (SSSR count). The van der Waals surface area contributed by atoms with Crippen LogP contribution in [0.2, 0.25) is 0 Å². The highest BCUT2D eigenvalue weighted by atomic mass is 16.5. The highest BCUT2D eigenvalue weighted by Crippen LogP contribution is 2.29. The molecule has 0 saturated heterocycles. The van der Waals surface area contributed by atoms with Gasteiger partial charge in [-0.15, -0.1) is 0 Å². The van der Waals surface area contributed by atoms with E-state index in [4.69, 9.17) is 10.5 Å². The average molecular weight is 328 g/mol. The lowest BCUT2D eigenvalue weighted by molar-refractivity contribution is 0.0600. The van der Waals surface area contributed by atoms with Crippen molar-refractivity contribution in [2.75, 3.05) is 24.3 Å². The first-order valence-corrected chi connectivity index (χ1v) is 7.28. The molecule has 8 heteroatoms. The number of anilines is 2. The number of amides is 1. The Hall–Kier alpha value is -3.16. The maximum atomic E-state index is 12.9. The number of nitrogen functional groups attached to an aromatic ring is 1. The van der Waals surface area contributed by atoms with Gasteiger partial charge in [0.25, 0.3) is 5.91 Å². The Bertz CT molecular complexity index is 791. The van der Waals surface area contributed by atoms with Crippen LogP contribution in [-0.4, -0.2) is 41.6 Å². The van der Waals surface area contributed by atoms with Crippen molar-refractivity contribution in [3.63, 3.8) is 0 Å². The molecule has 0 radical (unpaired) electrons. The monoisotopic (exact) mass is 328 g/mol. The molecule has 1 atom stereocenters. The molecule has 0 fully saturated rings. The Morgan fingerprint density at radius 3 is 2.71 bits per heavy atom. The predicted molar refractivity (Wildman–Crippen MR) is 86.0 cm³/mol. The first-order valence-electron chi connectivity index (χ1n) is 7.28. The van der Waals surface area contributed by atoms with E-state index in [1.54, 1.807) is 24.3 Å². The van der Waals surface area contributed by atoms with Crippen molar-refractivity contribution in [2.24, 2.45) is 0 Å². The zero-order valence-corrected chi connectivity index (χ0v) is 13.2. The van der Waals surface area contributed by atoms with Crippen molar-refractivity contribution in [3.8, 4) is 5.88 Å². The minimum absolute atomic E-state index is 0.0651. The van der Waals surface area contributed by atoms with Gasteiger partial charge in [-0.25, -0.2) is 14.8 Å². The summed E-state index contributed by atoms with van der Waals surface area (Å²) in [7, 11) is 1.31. The van der Waals surface area contributed by atoms with Crippen molar-refractivity contribution in [1.29, 1.82) is 0 Å². The smallest absolute Gasteiger partial charge is 0.337 e. The number of aromatic nitrogens is 2. The third-order valence-electron chi connectivity index (χ3n) is 3.65. The zero-order valence-electron chi connectivity index (χ0n) is 13.2. The summed E-state index contributed by atoms with van der Waals surface area (Å²) in [5, 5.41) is 0. The Morgan fingerprint density at radius 2 is 2.04 bits per heavy atom. The van der Waals surface area contributed by atoms with Crippen molar-refractivity contribution < 1.29 is 19.1 Å². The molecule has 0 aliphatic carbocycles. The summed E-state index contributed by atoms with van der Waals surface area (Å²) < 4.78 is 10.3. The van der Waals surface area contributed by atoms with Crippen LogP contribution >= 0.6 is 0 Å². The second-order valence-corrected chi connectivity index (χ2v) is 5.32. The van der Waals surface area contributed by atoms with Gasteiger partial charge in [-0.05, 0) is 31.2 Å². The van der Waals surface area contributed by atoms with E-state index >= 15 is 0 Å². The number of nitrogens with two attached hydrogens (primary N) is 1. The second-order valence-electron chi connectivity index (χ2n) is 5.32. The molecular weight excluding hydrogens is 312 g/mol. The van der Waals surface area contributed by atoms with Crippen molar-refractivity contribution in [1.82, 2.24) is 9.97 Å². The van der Waals surface area contributed by atoms with Gasteiger partial charge in [0.1, 0.15) is 23.8 Å². The number of carbonyl (C=O) groups excluding carboxylic acids is 2. The van der Waals surface area contributed by atoms with E-state index in [0.29, 0.717) is 17.8 Å². The van der Waals surface area contributed by atoms with Gasteiger partial charge in [-0.2, -0.15) is 0 Å². The molecular formula is C16H16N4O4. The molecule has 0 bridgehead atoms. The van der Waals surface area contributed by atoms with Gasteiger partial charge in [0.05, 0.1) is 19.2 Å². The minimum Gasteiger partial charge on any atom is -0.472 e. The Balaban J connectivity index is 2.00. The molecule has 1 aromatic heterocycles. The van der Waals surface area contributed by atoms with Gasteiger partial charge in [-0.1, -0.05) is 0 Å². The lowest BCUT2D eigenvalue weighted by Crippen LogP contribution is -2.36. The normalized spacial score (nSPS) is 16.8. The van der Waals surface area contributed by atoms with Crippen LogP contribution in [0.4, 0.5) is 11.5 Å². The first-order chi connectivity index (χ1) is 11.5. The fourth-order valence-electron chi connectivity index (χ4n) is 2.49. The largest absolute Gasteiger partial charge is 0.472 e. The molecule has 0 saturated carbocycles. The number of benzene rings is 1. The molecule has 2 N–H and O–H groups in total. The molecule has 2 heterocycles. The Kier molecular flexibility index (Phi) is 4.03. The number of methoxy groups -OCH3 is 1. The molecule has 1 aliphatic heterocycles. The third kappa shape index (κ3) is 2.73. The van der Waals surface area contributed by atoms with Gasteiger partial charge in [0, 0.05) is 5.69 Å². The maximum absolute atomic E-state index is 12.9. The number of hydrogen-bond acceptors (Lipinski definition) is 7. The summed E-state index contributed by atoms with van der Waals surface area (Å²) >= 11 is 0. The summed E-state index contributed by atoms with van der Waals surface area (Å²) in [5.41, 5.74) is 6.98. The molecule has 1 amide bonds. The Labute approximate surface area is 138 Å². The van der Waals surface area contributed by atoms with Crippen LogP contribution in [0.3, 0.4) is 0 Å².